The number of nitrogens with zero attached hydrogens (tertiary/aromatic N) is 6. The number of pyridine rings is 1. The predicted molar refractivity (Wildman–Crippen MR) is 160 cm³/mol. The van der Waals surface area contributed by atoms with Gasteiger partial charge in [-0.05, 0) is 36.4 Å². The Balaban J connectivity index is 1.49. The number of aliphatic imine (C=N–C) groups is 1. The number of morpholine rings is 2. The summed E-state index contributed by atoms with van der Waals surface area (Å²) in [5, 5.41) is 0. The fraction of sp³-hybridized carbons (Fsp3) is 0.355. The molecule has 0 saturated carbocycles. The second-order valence-corrected chi connectivity index (χ2v) is 10.5. The molecule has 2 fully saturated rings. The fourth-order valence-corrected chi connectivity index (χ4v) is 4.88. The Bertz CT molecular complexity index is 1560. The highest BCUT2D eigenvalue weighted by atomic mass is 19.1. The standard InChI is InChI=1S/C31H32F4N6O5/c1-38(20-40-11-15-45-16-12-40)31(43)46-18-21-5-8-27(37-28(21)23-7-6-22(32)17-26(23)35)41(29-24(33)3-2-4-25(29)34)30(42)36-19-39-9-13-44-14-10-39/h2-8,17,19H,9-16,18,20H2,1H3/b36-19+. The molecular formula is C31H32F4N6O5. The summed E-state index contributed by atoms with van der Waals surface area (Å²) in [6.07, 6.45) is 0.571. The number of amides is 3. The molecule has 2 aliphatic rings. The summed E-state index contributed by atoms with van der Waals surface area (Å²) < 4.78 is 75.3. The molecule has 11 nitrogen and oxygen atoms in total. The van der Waals surface area contributed by atoms with Crippen LogP contribution in [0.1, 0.15) is 5.56 Å². The van der Waals surface area contributed by atoms with Crippen molar-refractivity contribution in [3.63, 3.8) is 0 Å². The second-order valence-electron chi connectivity index (χ2n) is 10.5. The van der Waals surface area contributed by atoms with Crippen molar-refractivity contribution in [2.24, 2.45) is 4.99 Å². The van der Waals surface area contributed by atoms with E-state index >= 15 is 13.2 Å². The Morgan fingerprint density at radius 1 is 0.935 bits per heavy atom. The molecule has 3 amide bonds. The van der Waals surface area contributed by atoms with E-state index in [1.54, 1.807) is 11.9 Å². The first-order chi connectivity index (χ1) is 22.2. The van der Waals surface area contributed by atoms with Crippen LogP contribution in [0.5, 0.6) is 0 Å². The summed E-state index contributed by atoms with van der Waals surface area (Å²) in [7, 11) is 1.56. The SMILES string of the molecule is CN(CN1CCOCC1)C(=O)OCc1ccc(N(C(=O)/N=C/N2CCOCC2)c2c(F)cccc2F)nc1-c1ccc(F)cc1F. The van der Waals surface area contributed by atoms with Crippen LogP contribution in [0.15, 0.2) is 53.5 Å². The minimum absolute atomic E-state index is 0.148. The van der Waals surface area contributed by atoms with Gasteiger partial charge < -0.3 is 19.1 Å². The number of carbonyl (C=O) groups is 2. The number of rotatable bonds is 8. The van der Waals surface area contributed by atoms with Gasteiger partial charge in [-0.15, -0.1) is 0 Å². The van der Waals surface area contributed by atoms with Gasteiger partial charge in [0.1, 0.15) is 41.4 Å². The summed E-state index contributed by atoms with van der Waals surface area (Å²) in [5.74, 6) is -4.31. The molecule has 15 heteroatoms. The Hall–Kier alpha value is -4.60. The minimum Gasteiger partial charge on any atom is -0.444 e. The number of hydrogen-bond donors (Lipinski definition) is 0. The van der Waals surface area contributed by atoms with Crippen molar-refractivity contribution in [1.29, 1.82) is 0 Å². The molecule has 2 saturated heterocycles. The van der Waals surface area contributed by atoms with Crippen molar-refractivity contribution in [3.8, 4) is 11.3 Å². The van der Waals surface area contributed by atoms with Gasteiger partial charge in [0.2, 0.25) is 0 Å². The molecule has 0 spiro atoms. The van der Waals surface area contributed by atoms with Gasteiger partial charge in [0.05, 0.1) is 45.1 Å². The lowest BCUT2D eigenvalue weighted by atomic mass is 10.1. The second kappa shape index (κ2) is 15.1. The van der Waals surface area contributed by atoms with Crippen molar-refractivity contribution in [1.82, 2.24) is 19.7 Å². The molecule has 244 valence electrons. The molecule has 3 heterocycles. The van der Waals surface area contributed by atoms with Crippen molar-refractivity contribution in [2.45, 2.75) is 6.61 Å². The zero-order chi connectivity index (χ0) is 32.6. The molecule has 0 bridgehead atoms. The predicted octanol–water partition coefficient (Wildman–Crippen LogP) is 4.78. The van der Waals surface area contributed by atoms with E-state index in [2.05, 4.69) is 9.98 Å². The normalized spacial score (nSPS) is 15.6. The van der Waals surface area contributed by atoms with E-state index in [0.29, 0.717) is 63.6 Å². The molecule has 5 rings (SSSR count). The van der Waals surface area contributed by atoms with Gasteiger partial charge >= 0.3 is 12.1 Å². The van der Waals surface area contributed by atoms with Crippen LogP contribution < -0.4 is 4.90 Å². The van der Waals surface area contributed by atoms with Gasteiger partial charge in [0, 0.05) is 50.4 Å². The van der Waals surface area contributed by atoms with Gasteiger partial charge in [-0.3, -0.25) is 9.80 Å². The van der Waals surface area contributed by atoms with E-state index in [9.17, 15) is 14.0 Å². The number of aromatic nitrogens is 1. The topological polar surface area (TPSA) is 100 Å². The number of benzene rings is 2. The van der Waals surface area contributed by atoms with E-state index in [1.807, 2.05) is 4.90 Å². The molecule has 0 radical (unpaired) electrons. The van der Waals surface area contributed by atoms with Gasteiger partial charge in [-0.25, -0.2) is 37.0 Å². The van der Waals surface area contributed by atoms with Crippen LogP contribution in [0, 0.1) is 23.3 Å². The first kappa shape index (κ1) is 32.8. The Morgan fingerprint density at radius 2 is 1.61 bits per heavy atom. The van der Waals surface area contributed by atoms with Gasteiger partial charge in [-0.2, -0.15) is 4.99 Å². The maximum absolute atomic E-state index is 15.1. The Kier molecular flexibility index (Phi) is 10.8. The lowest BCUT2D eigenvalue weighted by molar-refractivity contribution is 0.0116. The highest BCUT2D eigenvalue weighted by Crippen LogP contribution is 2.34. The number of ether oxygens (including phenoxy) is 3. The quantitative estimate of drug-likeness (QED) is 0.196. The first-order valence-corrected chi connectivity index (χ1v) is 14.5. The third kappa shape index (κ3) is 7.97. The first-order valence-electron chi connectivity index (χ1n) is 14.5. The highest BCUT2D eigenvalue weighted by molar-refractivity contribution is 6.02. The van der Waals surface area contributed by atoms with Gasteiger partial charge in [0.25, 0.3) is 0 Å². The summed E-state index contributed by atoms with van der Waals surface area (Å²) in [6, 6.07) is 7.38. The zero-order valence-electron chi connectivity index (χ0n) is 25.0. The minimum atomic E-state index is -1.09. The average molecular weight is 645 g/mol. The van der Waals surface area contributed by atoms with E-state index in [1.165, 1.54) is 23.4 Å². The van der Waals surface area contributed by atoms with Crippen molar-refractivity contribution in [2.75, 3.05) is 71.2 Å². The van der Waals surface area contributed by atoms with Crippen molar-refractivity contribution in [3.05, 3.63) is 77.4 Å². The number of halogens is 4. The van der Waals surface area contributed by atoms with Crippen molar-refractivity contribution >= 4 is 30.0 Å². The third-order valence-corrected chi connectivity index (χ3v) is 7.29. The largest absolute Gasteiger partial charge is 0.444 e. The van der Waals surface area contributed by atoms with Gasteiger partial charge in [0.15, 0.2) is 0 Å². The average Bonchev–Trinajstić information content (AvgIpc) is 3.05. The van der Waals surface area contributed by atoms with Crippen molar-refractivity contribution < 1.29 is 41.4 Å². The molecule has 0 unspecified atom stereocenters. The third-order valence-electron chi connectivity index (χ3n) is 7.29. The smallest absolute Gasteiger partial charge is 0.410 e. The molecule has 0 aliphatic carbocycles. The Morgan fingerprint density at radius 3 is 2.28 bits per heavy atom. The number of para-hydroxylation sites is 1. The Labute approximate surface area is 262 Å². The molecule has 2 aromatic carbocycles. The van der Waals surface area contributed by atoms with Crippen LogP contribution >= 0.6 is 0 Å². The van der Waals surface area contributed by atoms with Crippen LogP contribution in [0.2, 0.25) is 0 Å². The molecule has 2 aliphatic heterocycles. The van der Waals surface area contributed by atoms with Crippen LogP contribution in [-0.4, -0.2) is 104 Å². The van der Waals surface area contributed by atoms with E-state index in [0.717, 1.165) is 30.3 Å². The molecule has 0 atom stereocenters. The van der Waals surface area contributed by atoms with E-state index in [4.69, 9.17) is 14.2 Å². The van der Waals surface area contributed by atoms with Crippen LogP contribution in [0.3, 0.4) is 0 Å². The molecular weight excluding hydrogens is 612 g/mol. The summed E-state index contributed by atoms with van der Waals surface area (Å²) >= 11 is 0. The molecule has 46 heavy (non-hydrogen) atoms. The lowest BCUT2D eigenvalue weighted by Crippen LogP contribution is -2.44. The van der Waals surface area contributed by atoms with Gasteiger partial charge in [-0.1, -0.05) is 6.07 Å². The summed E-state index contributed by atoms with van der Waals surface area (Å²) in [4.78, 5) is 40.3. The van der Waals surface area contributed by atoms with Crippen LogP contribution in [-0.2, 0) is 20.8 Å². The summed E-state index contributed by atoms with van der Waals surface area (Å²) in [5.41, 5.74) is -0.922. The number of hydrogen-bond acceptors (Lipinski definition) is 7. The monoisotopic (exact) mass is 644 g/mol. The number of carbonyl (C=O) groups excluding carboxylic acids is 2. The number of anilines is 2. The van der Waals surface area contributed by atoms with E-state index in [-0.39, 0.29) is 35.9 Å². The van der Waals surface area contributed by atoms with Crippen LogP contribution in [0.4, 0.5) is 38.7 Å². The fourth-order valence-electron chi connectivity index (χ4n) is 4.88. The highest BCUT2D eigenvalue weighted by Gasteiger charge is 2.28. The zero-order valence-corrected chi connectivity index (χ0v) is 25.0. The maximum Gasteiger partial charge on any atom is 0.410 e. The lowest BCUT2D eigenvalue weighted by Gasteiger charge is -2.30. The molecule has 3 aromatic rings. The molecule has 0 N–H and O–H groups in total. The van der Waals surface area contributed by atoms with Crippen LogP contribution in [0.25, 0.3) is 11.3 Å². The summed E-state index contributed by atoms with van der Waals surface area (Å²) in [6.45, 7) is 4.00. The maximum atomic E-state index is 15.1. The molecule has 1 aromatic heterocycles. The number of urea groups is 1. The van der Waals surface area contributed by atoms with E-state index < -0.39 is 41.1 Å².